The highest BCUT2D eigenvalue weighted by molar-refractivity contribution is 9.10. The largest absolute Gasteiger partial charge is 0.454 e. The van der Waals surface area contributed by atoms with Gasteiger partial charge in [-0.05, 0) is 71.7 Å². The molecule has 8 heteroatoms. The maximum atomic E-state index is 14.2. The van der Waals surface area contributed by atoms with E-state index in [1.807, 2.05) is 88.4 Å². The molecule has 1 aliphatic heterocycles. The van der Waals surface area contributed by atoms with E-state index in [9.17, 15) is 19.2 Å². The minimum absolute atomic E-state index is 0.000521. The van der Waals surface area contributed by atoms with Gasteiger partial charge in [-0.2, -0.15) is 0 Å². The predicted molar refractivity (Wildman–Crippen MR) is 162 cm³/mol. The van der Waals surface area contributed by atoms with Crippen LogP contribution in [0.1, 0.15) is 65.5 Å². The molecular weight excluding hydrogens is 596 g/mol. The SMILES string of the molecule is Cc1cc(NC(=O)COC(=O)[C@H](CC(C)C)N2C(=O)[C@@H]3C4c5ccccc5C(c5ccccc54)[C@@H]3C2=O)cc(C)c1Br. The molecule has 3 aromatic carbocycles. The van der Waals surface area contributed by atoms with Crippen molar-refractivity contribution in [1.29, 1.82) is 0 Å². The van der Waals surface area contributed by atoms with E-state index in [2.05, 4.69) is 21.2 Å². The van der Waals surface area contributed by atoms with E-state index in [1.165, 1.54) is 0 Å². The number of carbonyl (C=O) groups is 4. The van der Waals surface area contributed by atoms with Gasteiger partial charge in [0.15, 0.2) is 6.61 Å². The first-order chi connectivity index (χ1) is 20.1. The van der Waals surface area contributed by atoms with Crippen LogP contribution in [0, 0.1) is 31.6 Å². The lowest BCUT2D eigenvalue weighted by molar-refractivity contribution is -0.160. The van der Waals surface area contributed by atoms with E-state index in [-0.39, 0.29) is 36.0 Å². The predicted octanol–water partition coefficient (Wildman–Crippen LogP) is 5.85. The molecule has 1 fully saturated rings. The Kier molecular flexibility index (Phi) is 7.29. The number of rotatable bonds is 7. The van der Waals surface area contributed by atoms with E-state index in [1.54, 1.807) is 0 Å². The Morgan fingerprint density at radius 1 is 0.857 bits per heavy atom. The fourth-order valence-corrected chi connectivity index (χ4v) is 7.44. The highest BCUT2D eigenvalue weighted by Gasteiger charge is 2.63. The number of hydrogen-bond acceptors (Lipinski definition) is 5. The number of nitrogens with one attached hydrogen (secondary N) is 1. The second kappa shape index (κ2) is 10.8. The van der Waals surface area contributed by atoms with Gasteiger partial charge in [0.05, 0.1) is 11.8 Å². The molecule has 216 valence electrons. The van der Waals surface area contributed by atoms with Crippen molar-refractivity contribution in [3.05, 3.63) is 98.5 Å². The molecule has 3 atom stereocenters. The van der Waals surface area contributed by atoms with E-state index in [0.717, 1.165) is 42.8 Å². The first kappa shape index (κ1) is 28.3. The third-order valence-corrected chi connectivity index (χ3v) is 10.1. The van der Waals surface area contributed by atoms with Gasteiger partial charge in [-0.1, -0.05) is 78.3 Å². The molecule has 1 N–H and O–H groups in total. The highest BCUT2D eigenvalue weighted by Crippen LogP contribution is 2.61. The molecule has 3 amide bonds. The van der Waals surface area contributed by atoms with Gasteiger partial charge in [0.1, 0.15) is 6.04 Å². The molecule has 7 nitrogen and oxygen atoms in total. The number of likely N-dealkylation sites (tertiary alicyclic amines) is 1. The van der Waals surface area contributed by atoms with E-state index < -0.39 is 36.4 Å². The maximum absolute atomic E-state index is 14.2. The van der Waals surface area contributed by atoms with Crippen LogP contribution in [0.5, 0.6) is 0 Å². The lowest BCUT2D eigenvalue weighted by Crippen LogP contribution is -2.47. The van der Waals surface area contributed by atoms with Gasteiger partial charge in [0.2, 0.25) is 11.8 Å². The summed E-state index contributed by atoms with van der Waals surface area (Å²) in [5.74, 6) is -3.59. The second-order valence-corrected chi connectivity index (χ2v) is 12.8. The summed E-state index contributed by atoms with van der Waals surface area (Å²) in [6.07, 6.45) is 0.248. The molecule has 1 saturated heterocycles. The zero-order valence-electron chi connectivity index (χ0n) is 24.0. The number of nitrogens with zero attached hydrogens (tertiary/aromatic N) is 1. The minimum Gasteiger partial charge on any atom is -0.454 e. The Bertz CT molecular complexity index is 1490. The van der Waals surface area contributed by atoms with E-state index in [0.29, 0.717) is 5.69 Å². The van der Waals surface area contributed by atoms with Gasteiger partial charge in [0.25, 0.3) is 5.91 Å². The van der Waals surface area contributed by atoms with Gasteiger partial charge in [-0.25, -0.2) is 4.79 Å². The number of benzene rings is 3. The monoisotopic (exact) mass is 628 g/mol. The lowest BCUT2D eigenvalue weighted by atomic mass is 9.55. The molecule has 7 rings (SSSR count). The van der Waals surface area contributed by atoms with Crippen LogP contribution in [0.15, 0.2) is 65.1 Å². The molecule has 2 bridgehead atoms. The zero-order chi connectivity index (χ0) is 29.9. The smallest absolute Gasteiger partial charge is 0.329 e. The number of amides is 3. The topological polar surface area (TPSA) is 92.8 Å². The van der Waals surface area contributed by atoms with Gasteiger partial charge >= 0.3 is 5.97 Å². The summed E-state index contributed by atoms with van der Waals surface area (Å²) in [5, 5.41) is 2.77. The van der Waals surface area contributed by atoms with Gasteiger partial charge in [0, 0.05) is 22.0 Å². The molecule has 0 aromatic heterocycles. The Balaban J connectivity index is 1.25. The van der Waals surface area contributed by atoms with Crippen molar-refractivity contribution in [2.24, 2.45) is 17.8 Å². The Morgan fingerprint density at radius 2 is 1.31 bits per heavy atom. The molecule has 3 aromatic rings. The van der Waals surface area contributed by atoms with Crippen molar-refractivity contribution in [3.63, 3.8) is 0 Å². The molecule has 42 heavy (non-hydrogen) atoms. The van der Waals surface area contributed by atoms with Crippen molar-refractivity contribution >= 4 is 45.3 Å². The number of anilines is 1. The summed E-state index contributed by atoms with van der Waals surface area (Å²) in [4.78, 5) is 55.8. The third-order valence-electron chi connectivity index (χ3n) is 8.83. The van der Waals surface area contributed by atoms with Crippen molar-refractivity contribution in [3.8, 4) is 0 Å². The van der Waals surface area contributed by atoms with E-state index in [4.69, 9.17) is 4.74 Å². The van der Waals surface area contributed by atoms with Crippen molar-refractivity contribution in [2.45, 2.75) is 52.0 Å². The van der Waals surface area contributed by atoms with Crippen LogP contribution in [-0.4, -0.2) is 41.2 Å². The number of hydrogen-bond donors (Lipinski definition) is 1. The first-order valence-electron chi connectivity index (χ1n) is 14.4. The number of halogens is 1. The average molecular weight is 630 g/mol. The number of aryl methyl sites for hydroxylation is 2. The fourth-order valence-electron chi connectivity index (χ4n) is 7.21. The van der Waals surface area contributed by atoms with Gasteiger partial charge in [-0.3, -0.25) is 19.3 Å². The van der Waals surface area contributed by atoms with Crippen molar-refractivity contribution in [2.75, 3.05) is 11.9 Å². The number of imide groups is 1. The highest BCUT2D eigenvalue weighted by atomic mass is 79.9. The molecule has 4 aliphatic rings. The molecule has 3 aliphatic carbocycles. The third kappa shape index (κ3) is 4.56. The molecule has 0 radical (unpaired) electrons. The summed E-state index contributed by atoms with van der Waals surface area (Å²) in [6, 6.07) is 18.6. The van der Waals surface area contributed by atoms with Crippen LogP contribution < -0.4 is 5.32 Å². The summed E-state index contributed by atoms with van der Waals surface area (Å²) < 4.78 is 6.43. The van der Waals surface area contributed by atoms with Crippen molar-refractivity contribution in [1.82, 2.24) is 4.90 Å². The lowest BCUT2D eigenvalue weighted by Gasteiger charge is -2.45. The molecule has 0 saturated carbocycles. The summed E-state index contributed by atoms with van der Waals surface area (Å²) >= 11 is 3.52. The molecule has 0 spiro atoms. The Morgan fingerprint density at radius 3 is 1.74 bits per heavy atom. The summed E-state index contributed by atoms with van der Waals surface area (Å²) in [6.45, 7) is 7.19. The fraction of sp³-hybridized carbons (Fsp3) is 0.353. The van der Waals surface area contributed by atoms with E-state index >= 15 is 0 Å². The summed E-state index contributed by atoms with van der Waals surface area (Å²) in [7, 11) is 0. The molecule has 0 unspecified atom stereocenters. The quantitative estimate of drug-likeness (QED) is 0.262. The molecule has 1 heterocycles. The Hall–Kier alpha value is -3.78. The standard InChI is InChI=1S/C34H33BrN2O5/c1-17(2)13-25(34(41)42-16-26(38)36-20-14-18(3)31(35)19(4)15-20)37-32(39)29-27-21-9-5-6-10-22(21)28(30(29)33(37)40)24-12-8-7-11-23(24)27/h5-12,14-15,17,25,27-30H,13,16H2,1-4H3,(H,36,38)/t25-,27?,28?,29-,30+/m0/s1. The average Bonchev–Trinajstić information content (AvgIpc) is 3.23. The van der Waals surface area contributed by atoms with Crippen LogP contribution >= 0.6 is 15.9 Å². The molecular formula is C34H33BrN2O5. The second-order valence-electron chi connectivity index (χ2n) is 12.0. The normalized spacial score (nSPS) is 22.5. The van der Waals surface area contributed by atoms with Crippen LogP contribution in [0.25, 0.3) is 0 Å². The number of ether oxygens (including phenoxy) is 1. The van der Waals surface area contributed by atoms with Crippen LogP contribution in [0.3, 0.4) is 0 Å². The minimum atomic E-state index is -1.11. The van der Waals surface area contributed by atoms with Crippen LogP contribution in [-0.2, 0) is 23.9 Å². The van der Waals surface area contributed by atoms with Crippen LogP contribution in [0.4, 0.5) is 5.69 Å². The van der Waals surface area contributed by atoms with Crippen LogP contribution in [0.2, 0.25) is 0 Å². The number of carbonyl (C=O) groups excluding carboxylic acids is 4. The number of esters is 1. The first-order valence-corrected chi connectivity index (χ1v) is 15.2. The van der Waals surface area contributed by atoms with Crippen molar-refractivity contribution < 1.29 is 23.9 Å². The zero-order valence-corrected chi connectivity index (χ0v) is 25.6. The Labute approximate surface area is 253 Å². The maximum Gasteiger partial charge on any atom is 0.329 e. The van der Waals surface area contributed by atoms with Gasteiger partial charge < -0.3 is 10.1 Å². The van der Waals surface area contributed by atoms with Gasteiger partial charge in [-0.15, -0.1) is 0 Å². The summed E-state index contributed by atoms with van der Waals surface area (Å²) in [5.41, 5.74) is 6.81.